The highest BCUT2D eigenvalue weighted by atomic mass is 16.5. The lowest BCUT2D eigenvalue weighted by molar-refractivity contribution is 0.0595. The smallest absolute Gasteiger partial charge is 0.253 e. The van der Waals surface area contributed by atoms with Crippen molar-refractivity contribution in [2.75, 3.05) is 78.8 Å². The van der Waals surface area contributed by atoms with Crippen molar-refractivity contribution in [3.63, 3.8) is 0 Å². The highest BCUT2D eigenvalue weighted by Gasteiger charge is 2.26. The lowest BCUT2D eigenvalue weighted by atomic mass is 10.1. The van der Waals surface area contributed by atoms with E-state index in [1.54, 1.807) is 0 Å². The van der Waals surface area contributed by atoms with E-state index in [-0.39, 0.29) is 49.8 Å². The maximum Gasteiger partial charge on any atom is 0.253 e. The maximum atomic E-state index is 14.9. The molecule has 4 amide bonds. The molecule has 106 heavy (non-hydrogen) atoms. The number of rotatable bonds is 60. The fourth-order valence-corrected chi connectivity index (χ4v) is 14.7. The van der Waals surface area contributed by atoms with Crippen molar-refractivity contribution >= 4 is 23.6 Å². The molecule has 0 spiro atoms. The summed E-state index contributed by atoms with van der Waals surface area (Å²) in [6.45, 7) is 14.1. The van der Waals surface area contributed by atoms with Crippen LogP contribution in [0.3, 0.4) is 0 Å². The Bertz CT molecular complexity index is 2400. The standard InChI is InChI=1S/C94H152N4O8/c1-5-9-13-17-21-25-29-33-37-41-45-49-79-103-87-63-55-83(56-64-87)91(99)95-71-53-72-97(93(101)85-59-67-89(68-60-85)105-81-51-47-43-39-35-31-27-23-19-15-11-7-3)77-78-98(94(102)86-61-69-90(70-62-86)106-82-52-48-44-40-36-32-28-24-20-16-12-8-4)74-54-73-96(76-75-95)92(100)84-57-65-88(66-58-84)104-80-50-46-42-38-34-30-26-22-18-14-10-6-2/h55-70H,5-54,71-82H2,1-4H3. The summed E-state index contributed by atoms with van der Waals surface area (Å²) in [4.78, 5) is 66.9. The first-order valence-corrected chi connectivity index (χ1v) is 44.3. The molecule has 0 atom stereocenters. The summed E-state index contributed by atoms with van der Waals surface area (Å²) in [5.74, 6) is 2.39. The second-order valence-corrected chi connectivity index (χ2v) is 30.9. The Morgan fingerprint density at radius 2 is 0.349 bits per heavy atom. The van der Waals surface area contributed by atoms with Gasteiger partial charge in [-0.2, -0.15) is 0 Å². The monoisotopic (exact) mass is 1470 g/mol. The molecular weight excluding hydrogens is 1310 g/mol. The number of nitrogens with zero attached hydrogens (tertiary/aromatic N) is 4. The molecule has 0 bridgehead atoms. The second kappa shape index (κ2) is 61.8. The third-order valence-corrected chi connectivity index (χ3v) is 21.6. The fraction of sp³-hybridized carbons (Fsp3) is 0.702. The highest BCUT2D eigenvalue weighted by Crippen LogP contribution is 2.24. The van der Waals surface area contributed by atoms with Crippen LogP contribution < -0.4 is 18.9 Å². The molecule has 0 radical (unpaired) electrons. The van der Waals surface area contributed by atoms with E-state index in [2.05, 4.69) is 27.7 Å². The molecule has 0 saturated carbocycles. The van der Waals surface area contributed by atoms with E-state index in [1.165, 1.54) is 257 Å². The van der Waals surface area contributed by atoms with Crippen molar-refractivity contribution in [2.45, 2.75) is 349 Å². The number of amides is 4. The van der Waals surface area contributed by atoms with Crippen molar-refractivity contribution in [1.29, 1.82) is 0 Å². The minimum atomic E-state index is -0.142. The summed E-state index contributed by atoms with van der Waals surface area (Å²) in [7, 11) is 0. The first kappa shape index (κ1) is 90.6. The van der Waals surface area contributed by atoms with Crippen molar-refractivity contribution in [1.82, 2.24) is 19.6 Å². The molecule has 596 valence electrons. The summed E-state index contributed by atoms with van der Waals surface area (Å²) in [6.07, 6.45) is 62.6. The molecule has 1 aliphatic heterocycles. The van der Waals surface area contributed by atoms with E-state index < -0.39 is 0 Å². The van der Waals surface area contributed by atoms with Crippen molar-refractivity contribution in [2.24, 2.45) is 0 Å². The van der Waals surface area contributed by atoms with Crippen LogP contribution in [-0.2, 0) is 0 Å². The van der Waals surface area contributed by atoms with Crippen LogP contribution in [0, 0.1) is 0 Å². The SMILES string of the molecule is CCCCCCCCCCCCCCOc1ccc(C(=O)N2CCCN(C(=O)c3ccc(OCCCCCCCCCCCCCC)cc3)CCN(C(=O)c3ccc(OCCCCCCCCCCCCCC)cc3)CCCN(C(=O)c3ccc(OCCCCCCCCCCCCCC)cc3)CC2)cc1. The van der Waals surface area contributed by atoms with Crippen LogP contribution in [0.2, 0.25) is 0 Å². The number of hydrogen-bond acceptors (Lipinski definition) is 8. The van der Waals surface area contributed by atoms with Gasteiger partial charge in [0, 0.05) is 74.6 Å². The number of carbonyl (C=O) groups is 4. The first-order chi connectivity index (χ1) is 52.2. The van der Waals surface area contributed by atoms with Gasteiger partial charge in [0.1, 0.15) is 23.0 Å². The molecule has 1 fully saturated rings. The maximum absolute atomic E-state index is 14.9. The van der Waals surface area contributed by atoms with E-state index in [4.69, 9.17) is 18.9 Å². The molecule has 5 rings (SSSR count). The quantitative estimate of drug-likeness (QED) is 0.0401. The van der Waals surface area contributed by atoms with E-state index >= 15 is 0 Å². The van der Waals surface area contributed by atoms with Crippen molar-refractivity contribution < 1.29 is 38.1 Å². The number of unbranched alkanes of at least 4 members (excludes halogenated alkanes) is 44. The Kier molecular flexibility index (Phi) is 52.8. The minimum absolute atomic E-state index is 0.142. The Morgan fingerprint density at radius 1 is 0.208 bits per heavy atom. The van der Waals surface area contributed by atoms with Gasteiger partial charge in [0.05, 0.1) is 26.4 Å². The largest absolute Gasteiger partial charge is 0.494 e. The van der Waals surface area contributed by atoms with Crippen LogP contribution in [-0.4, -0.2) is 122 Å². The topological polar surface area (TPSA) is 118 Å². The zero-order valence-electron chi connectivity index (χ0n) is 68.1. The zero-order valence-corrected chi connectivity index (χ0v) is 68.1. The number of benzene rings is 4. The third-order valence-electron chi connectivity index (χ3n) is 21.6. The van der Waals surface area contributed by atoms with Crippen LogP contribution in [0.25, 0.3) is 0 Å². The molecule has 4 aromatic carbocycles. The number of carbonyl (C=O) groups excluding carboxylic acids is 4. The van der Waals surface area contributed by atoms with Gasteiger partial charge >= 0.3 is 0 Å². The Morgan fingerprint density at radius 3 is 0.500 bits per heavy atom. The Balaban J connectivity index is 1.27. The minimum Gasteiger partial charge on any atom is -0.494 e. The zero-order chi connectivity index (χ0) is 75.2. The second-order valence-electron chi connectivity index (χ2n) is 30.9. The molecule has 1 aliphatic rings. The molecule has 1 saturated heterocycles. The molecule has 1 heterocycles. The summed E-state index contributed by atoms with van der Waals surface area (Å²) < 4.78 is 24.8. The van der Waals surface area contributed by atoms with Crippen LogP contribution in [0.15, 0.2) is 97.1 Å². The highest BCUT2D eigenvalue weighted by molar-refractivity contribution is 5.97. The van der Waals surface area contributed by atoms with Gasteiger partial charge in [0.15, 0.2) is 0 Å². The Hall–Kier alpha value is -6.04. The first-order valence-electron chi connectivity index (χ1n) is 44.3. The van der Waals surface area contributed by atoms with Gasteiger partial charge in [-0.05, 0) is 136 Å². The van der Waals surface area contributed by atoms with Gasteiger partial charge in [0.2, 0.25) is 0 Å². The number of ether oxygens (including phenoxy) is 4. The summed E-state index contributed by atoms with van der Waals surface area (Å²) >= 11 is 0. The molecule has 4 aromatic rings. The summed E-state index contributed by atoms with van der Waals surface area (Å²) in [5.41, 5.74) is 2.16. The van der Waals surface area contributed by atoms with Gasteiger partial charge in [-0.25, -0.2) is 0 Å². The molecule has 12 heteroatoms. The average Bonchev–Trinajstić information content (AvgIpc) is 0.853. The third kappa shape index (κ3) is 42.1. The predicted molar refractivity (Wildman–Crippen MR) is 445 cm³/mol. The van der Waals surface area contributed by atoms with Crippen molar-refractivity contribution in [3.8, 4) is 23.0 Å². The summed E-state index contributed by atoms with van der Waals surface area (Å²) in [5, 5.41) is 0. The van der Waals surface area contributed by atoms with Crippen LogP contribution in [0.1, 0.15) is 390 Å². The van der Waals surface area contributed by atoms with E-state index in [1.807, 2.05) is 117 Å². The van der Waals surface area contributed by atoms with E-state index in [9.17, 15) is 19.2 Å². The predicted octanol–water partition coefficient (Wildman–Crippen LogP) is 25.7. The van der Waals surface area contributed by atoms with Gasteiger partial charge in [-0.3, -0.25) is 19.2 Å². The normalized spacial score (nSPS) is 13.2. The van der Waals surface area contributed by atoms with E-state index in [0.29, 0.717) is 87.7 Å². The van der Waals surface area contributed by atoms with Gasteiger partial charge < -0.3 is 38.5 Å². The van der Waals surface area contributed by atoms with Crippen LogP contribution in [0.5, 0.6) is 23.0 Å². The van der Waals surface area contributed by atoms with Crippen LogP contribution in [0.4, 0.5) is 0 Å². The average molecular weight is 1470 g/mol. The lowest BCUT2D eigenvalue weighted by Gasteiger charge is -2.32. The fourth-order valence-electron chi connectivity index (χ4n) is 14.7. The van der Waals surface area contributed by atoms with Gasteiger partial charge in [-0.1, -0.05) is 310 Å². The lowest BCUT2D eigenvalue weighted by Crippen LogP contribution is -2.46. The molecule has 0 unspecified atom stereocenters. The van der Waals surface area contributed by atoms with Crippen molar-refractivity contribution in [3.05, 3.63) is 119 Å². The molecule has 0 aliphatic carbocycles. The van der Waals surface area contributed by atoms with Gasteiger partial charge in [-0.15, -0.1) is 0 Å². The van der Waals surface area contributed by atoms with Crippen LogP contribution >= 0.6 is 0 Å². The van der Waals surface area contributed by atoms with E-state index in [0.717, 1.165) is 74.4 Å². The molecular formula is C94H152N4O8. The number of hydrogen-bond donors (Lipinski definition) is 0. The Labute approximate surface area is 647 Å². The molecule has 0 aromatic heterocycles. The van der Waals surface area contributed by atoms with Gasteiger partial charge in [0.25, 0.3) is 23.6 Å². The molecule has 0 N–H and O–H groups in total. The summed E-state index contributed by atoms with van der Waals surface area (Å²) in [6, 6.07) is 30.0. The molecule has 12 nitrogen and oxygen atoms in total.